The van der Waals surface area contributed by atoms with Gasteiger partial charge in [-0.2, -0.15) is 0 Å². The Balaban J connectivity index is 1.44. The molecule has 3 amide bonds. The number of hydrogen-bond donors (Lipinski definition) is 2. The van der Waals surface area contributed by atoms with Crippen LogP contribution in [0.3, 0.4) is 0 Å². The molecule has 2 N–H and O–H groups in total. The molecule has 1 saturated heterocycles. The number of carbonyl (C=O) groups is 5. The number of likely N-dealkylation sites (tertiary alicyclic amines) is 1. The fraction of sp³-hybridized carbons (Fsp3) is 0.543. The van der Waals surface area contributed by atoms with Gasteiger partial charge in [-0.25, -0.2) is 18.2 Å². The van der Waals surface area contributed by atoms with Crippen molar-refractivity contribution in [3.8, 4) is 11.6 Å². The van der Waals surface area contributed by atoms with Gasteiger partial charge in [-0.05, 0) is 75.6 Å². The number of esters is 1. The van der Waals surface area contributed by atoms with Gasteiger partial charge in [0.25, 0.3) is 0 Å². The molecule has 2 heterocycles. The van der Waals surface area contributed by atoms with E-state index in [2.05, 4.69) is 21.6 Å². The molecule has 0 radical (unpaired) electrons. The van der Waals surface area contributed by atoms with Crippen LogP contribution in [-0.4, -0.2) is 97.8 Å². The lowest BCUT2D eigenvalue weighted by atomic mass is 9.91. The van der Waals surface area contributed by atoms with Gasteiger partial charge in [-0.3, -0.25) is 23.9 Å². The number of methoxy groups -OCH3 is 2. The number of ketones is 1. The maximum absolute atomic E-state index is 14.2. The number of nitrogens with zero attached hydrogens (tertiary/aromatic N) is 2. The standard InChI is InChI=1S/C35H44N4O11S/c1-7-21-17-35(21,32(43)38-51(45,46)24-9-10-24)18-28(40)27-15-23(49-30-25-11-8-22(47-5)14-20(25)12-13-36-30)19-39(27)31(42)26(16-29(41)48-6)37-33(44)50-34(2,3)4/h7-8,11-14,21,23-24,26-27H,1,9-10,15-19H2,2-6H3,(H,37,44)(H,38,43)/t21-,23-,26+,27+,35-/m1/s1. The lowest BCUT2D eigenvalue weighted by molar-refractivity contribution is -0.146. The minimum Gasteiger partial charge on any atom is -0.497 e. The number of amides is 3. The number of nitrogens with one attached hydrogen (secondary N) is 2. The highest BCUT2D eigenvalue weighted by Gasteiger charge is 2.61. The van der Waals surface area contributed by atoms with E-state index in [1.54, 1.807) is 58.3 Å². The molecule has 2 aliphatic carbocycles. The van der Waals surface area contributed by atoms with Crippen molar-refractivity contribution in [2.45, 2.75) is 88.3 Å². The first-order chi connectivity index (χ1) is 24.0. The van der Waals surface area contributed by atoms with Crippen LogP contribution >= 0.6 is 0 Å². The molecule has 0 bridgehead atoms. The van der Waals surface area contributed by atoms with Gasteiger partial charge < -0.3 is 29.2 Å². The summed E-state index contributed by atoms with van der Waals surface area (Å²) >= 11 is 0. The summed E-state index contributed by atoms with van der Waals surface area (Å²) in [7, 11) is -1.22. The second-order valence-electron chi connectivity index (χ2n) is 14.2. The number of hydrogen-bond acceptors (Lipinski definition) is 12. The van der Waals surface area contributed by atoms with Gasteiger partial charge in [0.2, 0.25) is 27.7 Å². The highest BCUT2D eigenvalue weighted by molar-refractivity contribution is 7.90. The van der Waals surface area contributed by atoms with Crippen molar-refractivity contribution in [1.29, 1.82) is 0 Å². The molecule has 16 heteroatoms. The molecule has 3 aliphatic rings. The first-order valence-electron chi connectivity index (χ1n) is 16.7. The Morgan fingerprint density at radius 1 is 1.14 bits per heavy atom. The number of pyridine rings is 1. The van der Waals surface area contributed by atoms with Crippen LogP contribution in [0.5, 0.6) is 11.6 Å². The molecule has 276 valence electrons. The average molecular weight is 729 g/mol. The zero-order chi connectivity index (χ0) is 37.3. The number of sulfonamides is 1. The zero-order valence-corrected chi connectivity index (χ0v) is 30.1. The van der Waals surface area contributed by atoms with Crippen LogP contribution in [0.25, 0.3) is 10.8 Å². The summed E-state index contributed by atoms with van der Waals surface area (Å²) in [5.41, 5.74) is -2.29. The fourth-order valence-corrected chi connectivity index (χ4v) is 7.73. The summed E-state index contributed by atoms with van der Waals surface area (Å²) in [6.45, 7) is 8.52. The largest absolute Gasteiger partial charge is 0.497 e. The van der Waals surface area contributed by atoms with Gasteiger partial charge in [-0.15, -0.1) is 6.58 Å². The molecule has 3 fully saturated rings. The van der Waals surface area contributed by atoms with Crippen molar-refractivity contribution >= 4 is 50.5 Å². The van der Waals surface area contributed by atoms with E-state index in [9.17, 15) is 32.4 Å². The van der Waals surface area contributed by atoms with Gasteiger partial charge in [0.15, 0.2) is 5.78 Å². The SMILES string of the molecule is C=C[C@@H]1C[C@]1(CC(=O)[C@@H]1C[C@@H](Oc2nccc3cc(OC)ccc23)CN1C(=O)[C@H](CC(=O)OC)NC(=O)OC(C)(C)C)C(=O)NS(=O)(=O)C1CC1. The van der Waals surface area contributed by atoms with Crippen molar-refractivity contribution in [2.24, 2.45) is 11.3 Å². The molecular formula is C35H44N4O11S. The molecule has 1 aromatic heterocycles. The molecule has 5 atom stereocenters. The molecule has 5 rings (SSSR count). The molecule has 51 heavy (non-hydrogen) atoms. The maximum atomic E-state index is 14.2. The van der Waals surface area contributed by atoms with E-state index in [-0.39, 0.29) is 31.7 Å². The highest BCUT2D eigenvalue weighted by Crippen LogP contribution is 2.57. The average Bonchev–Trinajstić information content (AvgIpc) is 3.99. The molecule has 1 aliphatic heterocycles. The topological polar surface area (TPSA) is 197 Å². The third-order valence-electron chi connectivity index (χ3n) is 9.28. The summed E-state index contributed by atoms with van der Waals surface area (Å²) in [6, 6.07) is 4.45. The predicted octanol–water partition coefficient (Wildman–Crippen LogP) is 2.81. The summed E-state index contributed by atoms with van der Waals surface area (Å²) in [5.74, 6) is -2.49. The van der Waals surface area contributed by atoms with Crippen molar-refractivity contribution < 1.29 is 51.3 Å². The molecule has 0 unspecified atom stereocenters. The lowest BCUT2D eigenvalue weighted by Crippen LogP contribution is -2.53. The Bertz CT molecular complexity index is 1840. The predicted molar refractivity (Wildman–Crippen MR) is 183 cm³/mol. The number of aromatic nitrogens is 1. The van der Waals surface area contributed by atoms with Gasteiger partial charge in [-0.1, -0.05) is 6.08 Å². The summed E-state index contributed by atoms with van der Waals surface area (Å²) in [5, 5.41) is 3.22. The Morgan fingerprint density at radius 2 is 1.86 bits per heavy atom. The van der Waals surface area contributed by atoms with Crippen molar-refractivity contribution in [1.82, 2.24) is 19.9 Å². The second kappa shape index (κ2) is 14.5. The third kappa shape index (κ3) is 8.60. The van der Waals surface area contributed by atoms with E-state index < -0.39 is 86.5 Å². The van der Waals surface area contributed by atoms with Crippen molar-refractivity contribution in [3.63, 3.8) is 0 Å². The quantitative estimate of drug-likeness (QED) is 0.214. The van der Waals surface area contributed by atoms with Crippen molar-refractivity contribution in [2.75, 3.05) is 20.8 Å². The summed E-state index contributed by atoms with van der Waals surface area (Å²) in [4.78, 5) is 72.7. The molecule has 0 spiro atoms. The Morgan fingerprint density at radius 3 is 2.47 bits per heavy atom. The molecule has 15 nitrogen and oxygen atoms in total. The van der Waals surface area contributed by atoms with Crippen LogP contribution in [0.15, 0.2) is 43.1 Å². The lowest BCUT2D eigenvalue weighted by Gasteiger charge is -2.29. The van der Waals surface area contributed by atoms with Crippen LogP contribution < -0.4 is 19.5 Å². The number of carbonyl (C=O) groups excluding carboxylic acids is 5. The monoisotopic (exact) mass is 728 g/mol. The van der Waals surface area contributed by atoms with E-state index >= 15 is 0 Å². The number of Topliss-reactive ketones (excluding diaryl/α,β-unsaturated/α-hetero) is 1. The number of benzene rings is 1. The third-order valence-corrected chi connectivity index (χ3v) is 11.1. The fourth-order valence-electron chi connectivity index (χ4n) is 6.35. The maximum Gasteiger partial charge on any atom is 0.408 e. The number of fused-ring (bicyclic) bond motifs is 1. The van der Waals surface area contributed by atoms with Crippen LogP contribution in [0.4, 0.5) is 4.79 Å². The van der Waals surface area contributed by atoms with Gasteiger partial charge >= 0.3 is 12.1 Å². The molecule has 1 aromatic carbocycles. The van der Waals surface area contributed by atoms with E-state index in [0.717, 1.165) is 12.5 Å². The van der Waals surface area contributed by atoms with Gasteiger partial charge in [0.05, 0.1) is 43.9 Å². The number of ether oxygens (including phenoxy) is 4. The minimum atomic E-state index is -3.90. The van der Waals surface area contributed by atoms with E-state index in [1.165, 1.54) is 11.0 Å². The smallest absolute Gasteiger partial charge is 0.408 e. The molecule has 2 saturated carbocycles. The first-order valence-corrected chi connectivity index (χ1v) is 18.2. The summed E-state index contributed by atoms with van der Waals surface area (Å²) < 4.78 is 49.2. The minimum absolute atomic E-state index is 0.0208. The Kier molecular flexibility index (Phi) is 10.7. The zero-order valence-electron chi connectivity index (χ0n) is 29.3. The van der Waals surface area contributed by atoms with E-state index in [4.69, 9.17) is 18.9 Å². The first kappa shape index (κ1) is 37.5. The molecule has 2 aromatic rings. The van der Waals surface area contributed by atoms with E-state index in [1.807, 2.05) is 0 Å². The Labute approximate surface area is 296 Å². The van der Waals surface area contributed by atoms with Crippen molar-refractivity contribution in [3.05, 3.63) is 43.1 Å². The van der Waals surface area contributed by atoms with Crippen LogP contribution in [0.2, 0.25) is 0 Å². The highest BCUT2D eigenvalue weighted by atomic mass is 32.2. The normalized spacial score (nSPS) is 23.5. The number of rotatable bonds is 14. The van der Waals surface area contributed by atoms with Gasteiger partial charge in [0, 0.05) is 24.4 Å². The molecular weight excluding hydrogens is 684 g/mol. The van der Waals surface area contributed by atoms with Crippen LogP contribution in [0.1, 0.15) is 59.3 Å². The van der Waals surface area contributed by atoms with Crippen LogP contribution in [-0.2, 0) is 38.7 Å². The van der Waals surface area contributed by atoms with Crippen LogP contribution in [0, 0.1) is 11.3 Å². The number of alkyl carbamates (subject to hydrolysis) is 1. The second-order valence-corrected chi connectivity index (χ2v) is 16.1. The van der Waals surface area contributed by atoms with E-state index in [0.29, 0.717) is 24.0 Å². The number of allylic oxidation sites excluding steroid dienone is 1. The summed E-state index contributed by atoms with van der Waals surface area (Å²) in [6.07, 6.45) is 1.45. The Hall–Kier alpha value is -4.73. The van der Waals surface area contributed by atoms with Gasteiger partial charge in [0.1, 0.15) is 23.5 Å².